The zero-order valence-electron chi connectivity index (χ0n) is 56.6. The van der Waals surface area contributed by atoms with Crippen molar-refractivity contribution in [3.05, 3.63) is 12.2 Å². The third-order valence-corrected chi connectivity index (χ3v) is 16.3. The van der Waals surface area contributed by atoms with Crippen LogP contribution in [0.15, 0.2) is 12.2 Å². The van der Waals surface area contributed by atoms with Gasteiger partial charge in [-0.1, -0.05) is 95.2 Å². The number of nitrogens with one attached hydrogen (secondary N) is 4. The molecule has 12 atom stereocenters. The van der Waals surface area contributed by atoms with Gasteiger partial charge in [0.2, 0.25) is 65.0 Å². The molecule has 0 spiro atoms. The molecule has 0 bridgehead atoms. The highest BCUT2D eigenvalue weighted by atomic mass is 16.3. The van der Waals surface area contributed by atoms with Gasteiger partial charge in [0.05, 0.1) is 12.6 Å². The minimum atomic E-state index is -1.54. The molecule has 0 aromatic heterocycles. The lowest BCUT2D eigenvalue weighted by molar-refractivity contribution is -0.153. The summed E-state index contributed by atoms with van der Waals surface area (Å²) in [5.74, 6) is -8.99. The molecule has 0 aliphatic carbocycles. The Balaban J connectivity index is 4.26. The Bertz CT molecular complexity index is 2350. The number of rotatable bonds is 15. The van der Waals surface area contributed by atoms with Crippen molar-refractivity contribution in [2.45, 2.75) is 209 Å². The Morgan fingerprint density at radius 1 is 0.523 bits per heavy atom. The van der Waals surface area contributed by atoms with Crippen LogP contribution in [0.5, 0.6) is 0 Å². The first-order valence-electron chi connectivity index (χ1n) is 30.7. The van der Waals surface area contributed by atoms with Crippen LogP contribution in [0.2, 0.25) is 0 Å². The topological polar surface area (TPSA) is 282 Å². The first-order chi connectivity index (χ1) is 39.7. The van der Waals surface area contributed by atoms with Crippen molar-refractivity contribution in [1.82, 2.24) is 60.5 Å². The molecule has 1 rings (SSSR count). The summed E-state index contributed by atoms with van der Waals surface area (Å²) < 4.78 is 0. The number of aliphatic hydroxyl groups excluding tert-OH is 1. The Kier molecular flexibility index (Phi) is 32.2. The number of aliphatic hydroxyl groups is 1. The zero-order chi connectivity index (χ0) is 66.7. The molecule has 0 saturated carbocycles. The Hall–Kier alpha value is -6.17. The smallest absolute Gasteiger partial charge is 0.246 e. The van der Waals surface area contributed by atoms with Crippen molar-refractivity contribution in [2.24, 2.45) is 35.5 Å². The van der Waals surface area contributed by atoms with Gasteiger partial charge in [-0.2, -0.15) is 0 Å². The van der Waals surface area contributed by atoms with Crippen LogP contribution in [0.4, 0.5) is 0 Å². The maximum absolute atomic E-state index is 15.0. The molecule has 492 valence electrons. The summed E-state index contributed by atoms with van der Waals surface area (Å²) in [4.78, 5) is 170. The molecule has 0 aromatic rings. The van der Waals surface area contributed by atoms with Crippen molar-refractivity contribution >= 4 is 65.0 Å². The average molecular weight is 1220 g/mol. The van der Waals surface area contributed by atoms with Crippen molar-refractivity contribution < 1.29 is 57.8 Å². The van der Waals surface area contributed by atoms with Crippen LogP contribution in [0, 0.1) is 35.5 Å². The van der Waals surface area contributed by atoms with E-state index in [-0.39, 0.29) is 62.3 Å². The molecule has 1 heterocycles. The van der Waals surface area contributed by atoms with Gasteiger partial charge >= 0.3 is 0 Å². The van der Waals surface area contributed by atoms with Gasteiger partial charge in [0.25, 0.3) is 0 Å². The quantitative estimate of drug-likeness (QED) is 0.147. The highest BCUT2D eigenvalue weighted by Gasteiger charge is 2.44. The lowest BCUT2D eigenvalue weighted by Gasteiger charge is -2.40. The van der Waals surface area contributed by atoms with E-state index >= 15 is 4.79 Å². The van der Waals surface area contributed by atoms with Crippen LogP contribution in [0.25, 0.3) is 0 Å². The van der Waals surface area contributed by atoms with Crippen molar-refractivity contribution in [2.75, 3.05) is 76.5 Å². The molecule has 24 nitrogen and oxygen atoms in total. The van der Waals surface area contributed by atoms with Crippen LogP contribution >= 0.6 is 0 Å². The Morgan fingerprint density at radius 2 is 0.988 bits per heavy atom. The molecule has 11 amide bonds. The van der Waals surface area contributed by atoms with Crippen LogP contribution in [-0.2, 0) is 52.7 Å². The second-order valence-electron chi connectivity index (χ2n) is 26.1. The number of hydrogen-bond donors (Lipinski definition) is 5. The lowest BCUT2D eigenvalue weighted by Crippen LogP contribution is -2.62. The molecule has 5 N–H and O–H groups in total. The maximum Gasteiger partial charge on any atom is 0.246 e. The summed E-state index contributed by atoms with van der Waals surface area (Å²) in [6, 6.07) is -11.7. The molecular formula is C62H112N12O12. The van der Waals surface area contributed by atoms with Crippen molar-refractivity contribution in [1.29, 1.82) is 0 Å². The van der Waals surface area contributed by atoms with Crippen LogP contribution < -0.4 is 21.3 Å². The summed E-state index contributed by atoms with van der Waals surface area (Å²) in [6.07, 6.45) is 2.75. The fourth-order valence-corrected chi connectivity index (χ4v) is 10.6. The fraction of sp³-hybridized carbons (Fsp3) is 0.790. The van der Waals surface area contributed by atoms with Gasteiger partial charge in [0, 0.05) is 68.3 Å². The minimum Gasteiger partial charge on any atom is -0.390 e. The maximum atomic E-state index is 15.0. The number of allylic oxidation sites excluding steroid dienone is 2. The van der Waals surface area contributed by atoms with Gasteiger partial charge in [-0.15, -0.1) is 0 Å². The van der Waals surface area contributed by atoms with Crippen molar-refractivity contribution in [3.8, 4) is 0 Å². The number of hydrogen-bond acceptors (Lipinski definition) is 13. The molecule has 1 fully saturated rings. The molecule has 0 unspecified atom stereocenters. The van der Waals surface area contributed by atoms with Gasteiger partial charge in [-0.25, -0.2) is 0 Å². The molecule has 1 saturated heterocycles. The van der Waals surface area contributed by atoms with E-state index in [1.54, 1.807) is 59.8 Å². The Morgan fingerprint density at radius 3 is 1.45 bits per heavy atom. The normalized spacial score (nSPS) is 26.9. The molecule has 1 aliphatic heterocycles. The number of carbonyl (C=O) groups is 11. The summed E-state index contributed by atoms with van der Waals surface area (Å²) >= 11 is 0. The highest BCUT2D eigenvalue weighted by molar-refractivity contribution is 5.98. The summed E-state index contributed by atoms with van der Waals surface area (Å²) in [5.41, 5.74) is 0. The molecule has 0 aromatic carbocycles. The SMILES string of the molecule is CC=CC[C@@H](C)[C@@H](O)[C@H]1C(=O)N[C@@H](CC)C(=O)N(C)CC(=O)N(C)[C@@H](CN(C)C)C(=O)N[C@@H](C(C)C)C(=O)N(C)[C@@H](CC(C)C)C(=O)N[C@@H](C)C(=O)N[C@H](C)C(=O)N(C)[C@@H](CC(C)C)C(=O)N(C)[C@@H](CC(C)C)C(=O)N(C)[C@@H](C(C)C)CC(=O)N1C. The van der Waals surface area contributed by atoms with Gasteiger partial charge in [-0.05, 0) is 102 Å². The van der Waals surface area contributed by atoms with Gasteiger partial charge in [0.1, 0.15) is 54.4 Å². The van der Waals surface area contributed by atoms with E-state index in [9.17, 15) is 53.1 Å². The van der Waals surface area contributed by atoms with Crippen LogP contribution in [0.3, 0.4) is 0 Å². The van der Waals surface area contributed by atoms with E-state index in [0.717, 1.165) is 9.80 Å². The fourth-order valence-electron chi connectivity index (χ4n) is 10.6. The van der Waals surface area contributed by atoms with Gasteiger partial charge < -0.3 is 65.6 Å². The molecule has 0 radical (unpaired) electrons. The highest BCUT2D eigenvalue weighted by Crippen LogP contribution is 2.25. The number of nitrogens with zero attached hydrogens (tertiary/aromatic N) is 8. The first kappa shape index (κ1) is 77.8. The summed E-state index contributed by atoms with van der Waals surface area (Å²) in [5, 5.41) is 23.0. The van der Waals surface area contributed by atoms with E-state index in [1.165, 1.54) is 80.6 Å². The second kappa shape index (κ2) is 35.6. The van der Waals surface area contributed by atoms with E-state index in [1.807, 2.05) is 68.4 Å². The third-order valence-electron chi connectivity index (χ3n) is 16.3. The largest absolute Gasteiger partial charge is 0.390 e. The number of amides is 11. The van der Waals surface area contributed by atoms with E-state index in [2.05, 4.69) is 21.3 Å². The predicted octanol–water partition coefficient (Wildman–Crippen LogP) is 2.17. The lowest BCUT2D eigenvalue weighted by atomic mass is 9.91. The van der Waals surface area contributed by atoms with Gasteiger partial charge in [0.15, 0.2) is 0 Å². The predicted molar refractivity (Wildman–Crippen MR) is 332 cm³/mol. The minimum absolute atomic E-state index is 0.00731. The third kappa shape index (κ3) is 22.2. The number of likely N-dealkylation sites (N-methyl/N-ethyl adjacent to an activating group) is 8. The van der Waals surface area contributed by atoms with E-state index in [0.29, 0.717) is 6.42 Å². The summed E-state index contributed by atoms with van der Waals surface area (Å²) in [7, 11) is 13.5. The van der Waals surface area contributed by atoms with Crippen LogP contribution in [0.1, 0.15) is 142 Å². The van der Waals surface area contributed by atoms with E-state index < -0.39 is 150 Å². The van der Waals surface area contributed by atoms with Crippen LogP contribution in [-0.4, -0.2) is 252 Å². The average Bonchev–Trinajstić information content (AvgIpc) is 2.64. The monoisotopic (exact) mass is 1220 g/mol. The van der Waals surface area contributed by atoms with Gasteiger partial charge in [-0.3, -0.25) is 52.7 Å². The number of carbonyl (C=O) groups excluding carboxylic acids is 11. The molecule has 1 aliphatic rings. The summed E-state index contributed by atoms with van der Waals surface area (Å²) in [6.45, 7) is 25.9. The molecule has 24 heteroatoms. The second-order valence-corrected chi connectivity index (χ2v) is 26.1. The molecular weight excluding hydrogens is 1100 g/mol. The Labute approximate surface area is 514 Å². The standard InChI is InChI=1S/C62H112N12O12/c1-25-27-28-40(13)53(77)52-57(81)65-43(26-2)59(83)68(18)34-50(76)69(19)48(33-67(16)17)56(80)66-51(39(11)12)62(86)71(21)45(29-35(3)4)55(79)63-41(14)54(78)64-42(15)58(82)72(22)46(30-36(5)6)61(85)73(23)47(31-37(7)8)60(84)70(20)44(38(9)10)32-49(75)74(52)24/h25,27,35-48,51-53,77H,26,28-34H2,1-24H3,(H,63,79)(H,64,78)(H,65,81)(H,66,80)/t40-,41+,42-,43+,44-,45+,46+,47+,48+,51+,52+,53-/m1/s1. The van der Waals surface area contributed by atoms with Crippen molar-refractivity contribution in [3.63, 3.8) is 0 Å². The molecule has 86 heavy (non-hydrogen) atoms. The van der Waals surface area contributed by atoms with E-state index in [4.69, 9.17) is 0 Å². The zero-order valence-corrected chi connectivity index (χ0v) is 56.6. The first-order valence-corrected chi connectivity index (χ1v) is 30.7.